The van der Waals surface area contributed by atoms with Gasteiger partial charge in [-0.25, -0.2) is 0 Å². The van der Waals surface area contributed by atoms with E-state index < -0.39 is 0 Å². The molecule has 9 heteroatoms. The number of nitrogens with zero attached hydrogens (tertiary/aromatic N) is 5. The van der Waals surface area contributed by atoms with Crippen molar-refractivity contribution in [1.29, 1.82) is 0 Å². The Kier molecular flexibility index (Phi) is 4.11. The number of rotatable bonds is 4. The number of nitrogens with one attached hydrogen (secondary N) is 1. The molecule has 0 atom stereocenters. The smallest absolute Gasteiger partial charge is 0.278 e. The van der Waals surface area contributed by atoms with E-state index in [1.165, 1.54) is 0 Å². The number of hydrogen-bond donors (Lipinski definition) is 1. The van der Waals surface area contributed by atoms with Crippen LogP contribution in [0.1, 0.15) is 40.5 Å². The molecule has 0 saturated carbocycles. The Labute approximate surface area is 149 Å². The number of carbonyl (C=O) groups excluding carboxylic acids is 1. The van der Waals surface area contributed by atoms with Gasteiger partial charge in [-0.15, -0.1) is 5.10 Å². The fourth-order valence-electron chi connectivity index (χ4n) is 3.14. The third-order valence-electron chi connectivity index (χ3n) is 4.46. The summed E-state index contributed by atoms with van der Waals surface area (Å²) in [7, 11) is 1.57. The number of aromatic nitrogens is 5. The van der Waals surface area contributed by atoms with E-state index in [0.29, 0.717) is 28.6 Å². The average Bonchev–Trinajstić information content (AvgIpc) is 3.27. The monoisotopic (exact) mass is 354 g/mol. The van der Waals surface area contributed by atoms with Crippen molar-refractivity contribution >= 4 is 11.6 Å². The third-order valence-corrected chi connectivity index (χ3v) is 4.46. The van der Waals surface area contributed by atoms with Crippen molar-refractivity contribution in [2.45, 2.75) is 32.6 Å². The SMILES string of the molecule is COc1ccc(NC(=O)c2noc3c2CCCC3)cc1-n1nnnc1C. The molecule has 0 bridgehead atoms. The predicted molar refractivity (Wildman–Crippen MR) is 91.5 cm³/mol. The minimum atomic E-state index is -0.290. The van der Waals surface area contributed by atoms with Gasteiger partial charge in [0.1, 0.15) is 17.2 Å². The van der Waals surface area contributed by atoms with Crippen LogP contribution in [0.2, 0.25) is 0 Å². The second-order valence-electron chi connectivity index (χ2n) is 6.12. The summed E-state index contributed by atoms with van der Waals surface area (Å²) in [5.41, 5.74) is 2.50. The first-order valence-electron chi connectivity index (χ1n) is 8.39. The van der Waals surface area contributed by atoms with Crippen LogP contribution in [-0.4, -0.2) is 38.4 Å². The zero-order valence-corrected chi connectivity index (χ0v) is 14.5. The predicted octanol–water partition coefficient (Wildman–Crippen LogP) is 2.10. The van der Waals surface area contributed by atoms with Gasteiger partial charge in [0.05, 0.1) is 7.11 Å². The topological polar surface area (TPSA) is 108 Å². The molecule has 0 unspecified atom stereocenters. The number of tetrazole rings is 1. The molecule has 1 N–H and O–H groups in total. The number of aryl methyl sites for hydroxylation is 2. The van der Waals surface area contributed by atoms with Crippen molar-refractivity contribution in [2.24, 2.45) is 0 Å². The minimum absolute atomic E-state index is 0.290. The Hall–Kier alpha value is -3.23. The van der Waals surface area contributed by atoms with E-state index in [2.05, 4.69) is 26.0 Å². The Balaban J connectivity index is 1.64. The number of carbonyl (C=O) groups is 1. The van der Waals surface area contributed by atoms with Crippen LogP contribution in [0.3, 0.4) is 0 Å². The van der Waals surface area contributed by atoms with Gasteiger partial charge in [-0.05, 0) is 54.8 Å². The molecular formula is C17H18N6O3. The maximum atomic E-state index is 12.7. The Morgan fingerprint density at radius 1 is 1.31 bits per heavy atom. The average molecular weight is 354 g/mol. The zero-order chi connectivity index (χ0) is 18.1. The number of hydrogen-bond acceptors (Lipinski definition) is 7. The highest BCUT2D eigenvalue weighted by Gasteiger charge is 2.24. The molecule has 1 amide bonds. The second-order valence-corrected chi connectivity index (χ2v) is 6.12. The molecule has 4 rings (SSSR count). The standard InChI is InChI=1S/C17H18N6O3/c1-10-19-21-22-23(10)13-9-11(7-8-15(13)25-2)18-17(24)16-12-5-3-4-6-14(12)26-20-16/h7-9H,3-6H2,1-2H3,(H,18,24). The molecule has 3 aromatic rings. The molecule has 2 aromatic heterocycles. The van der Waals surface area contributed by atoms with Crippen molar-refractivity contribution in [1.82, 2.24) is 25.4 Å². The van der Waals surface area contributed by atoms with Gasteiger partial charge in [0.15, 0.2) is 11.5 Å². The molecule has 0 aliphatic heterocycles. The quantitative estimate of drug-likeness (QED) is 0.764. The lowest BCUT2D eigenvalue weighted by atomic mass is 9.96. The van der Waals surface area contributed by atoms with Gasteiger partial charge in [0, 0.05) is 17.7 Å². The van der Waals surface area contributed by atoms with Crippen molar-refractivity contribution in [3.8, 4) is 11.4 Å². The number of ether oxygens (including phenoxy) is 1. The lowest BCUT2D eigenvalue weighted by Gasteiger charge is -2.12. The van der Waals surface area contributed by atoms with Crippen LogP contribution in [0.25, 0.3) is 5.69 Å². The maximum absolute atomic E-state index is 12.7. The second kappa shape index (κ2) is 6.58. The molecule has 1 aliphatic rings. The van der Waals surface area contributed by atoms with Gasteiger partial charge in [-0.1, -0.05) is 5.16 Å². The minimum Gasteiger partial charge on any atom is -0.494 e. The van der Waals surface area contributed by atoms with Crippen LogP contribution in [0, 0.1) is 6.92 Å². The largest absolute Gasteiger partial charge is 0.494 e. The van der Waals surface area contributed by atoms with Crippen LogP contribution >= 0.6 is 0 Å². The van der Waals surface area contributed by atoms with E-state index in [4.69, 9.17) is 9.26 Å². The van der Waals surface area contributed by atoms with Crippen LogP contribution < -0.4 is 10.1 Å². The highest BCUT2D eigenvalue weighted by molar-refractivity contribution is 6.04. The molecule has 0 radical (unpaired) electrons. The van der Waals surface area contributed by atoms with E-state index in [1.54, 1.807) is 36.9 Å². The van der Waals surface area contributed by atoms with Gasteiger partial charge < -0.3 is 14.6 Å². The molecule has 0 spiro atoms. The molecule has 9 nitrogen and oxygen atoms in total. The van der Waals surface area contributed by atoms with Crippen LogP contribution in [0.15, 0.2) is 22.7 Å². The van der Waals surface area contributed by atoms with Gasteiger partial charge in [0.2, 0.25) is 0 Å². The molecule has 0 fully saturated rings. The fraction of sp³-hybridized carbons (Fsp3) is 0.353. The van der Waals surface area contributed by atoms with Crippen molar-refractivity contribution in [3.05, 3.63) is 41.0 Å². The Morgan fingerprint density at radius 2 is 2.15 bits per heavy atom. The molecule has 0 saturated heterocycles. The van der Waals surface area contributed by atoms with Gasteiger partial charge >= 0.3 is 0 Å². The Bertz CT molecular complexity index is 961. The lowest BCUT2D eigenvalue weighted by molar-refractivity contribution is 0.101. The van der Waals surface area contributed by atoms with Crippen LogP contribution in [-0.2, 0) is 12.8 Å². The van der Waals surface area contributed by atoms with E-state index >= 15 is 0 Å². The summed E-state index contributed by atoms with van der Waals surface area (Å²) >= 11 is 0. The normalized spacial score (nSPS) is 13.3. The summed E-state index contributed by atoms with van der Waals surface area (Å²) in [6.07, 6.45) is 3.76. The van der Waals surface area contributed by atoms with E-state index in [9.17, 15) is 4.79 Å². The van der Waals surface area contributed by atoms with Gasteiger partial charge in [0.25, 0.3) is 5.91 Å². The number of fused-ring (bicyclic) bond motifs is 1. The number of anilines is 1. The van der Waals surface area contributed by atoms with Crippen LogP contribution in [0.5, 0.6) is 5.75 Å². The molecule has 1 aliphatic carbocycles. The maximum Gasteiger partial charge on any atom is 0.278 e. The first-order chi connectivity index (χ1) is 12.7. The Morgan fingerprint density at radius 3 is 2.92 bits per heavy atom. The molecule has 1 aromatic carbocycles. The summed E-state index contributed by atoms with van der Waals surface area (Å²) in [5.74, 6) is 1.73. The van der Waals surface area contributed by atoms with E-state index in [1.807, 2.05) is 0 Å². The molecule has 26 heavy (non-hydrogen) atoms. The first-order valence-corrected chi connectivity index (χ1v) is 8.39. The van der Waals surface area contributed by atoms with Crippen molar-refractivity contribution in [3.63, 3.8) is 0 Å². The van der Waals surface area contributed by atoms with E-state index in [-0.39, 0.29) is 5.91 Å². The fourth-order valence-corrected chi connectivity index (χ4v) is 3.14. The number of methoxy groups -OCH3 is 1. The van der Waals surface area contributed by atoms with Crippen molar-refractivity contribution < 1.29 is 14.1 Å². The highest BCUT2D eigenvalue weighted by atomic mass is 16.5. The van der Waals surface area contributed by atoms with E-state index in [0.717, 1.165) is 37.0 Å². The summed E-state index contributed by atoms with van der Waals surface area (Å²) in [5, 5.41) is 18.3. The third kappa shape index (κ3) is 2.81. The zero-order valence-electron chi connectivity index (χ0n) is 14.5. The molecule has 2 heterocycles. The highest BCUT2D eigenvalue weighted by Crippen LogP contribution is 2.28. The summed E-state index contributed by atoms with van der Waals surface area (Å²) in [4.78, 5) is 12.7. The first kappa shape index (κ1) is 16.2. The number of benzene rings is 1. The molecule has 134 valence electrons. The van der Waals surface area contributed by atoms with Crippen molar-refractivity contribution in [2.75, 3.05) is 12.4 Å². The number of amides is 1. The molecular weight excluding hydrogens is 336 g/mol. The summed E-state index contributed by atoms with van der Waals surface area (Å²) < 4.78 is 12.2. The summed E-state index contributed by atoms with van der Waals surface area (Å²) in [6.45, 7) is 1.78. The van der Waals surface area contributed by atoms with Gasteiger partial charge in [-0.2, -0.15) is 4.68 Å². The summed E-state index contributed by atoms with van der Waals surface area (Å²) in [6, 6.07) is 5.27. The lowest BCUT2D eigenvalue weighted by Crippen LogP contribution is -2.16. The van der Waals surface area contributed by atoms with Crippen LogP contribution in [0.4, 0.5) is 5.69 Å². The van der Waals surface area contributed by atoms with Gasteiger partial charge in [-0.3, -0.25) is 4.79 Å².